The van der Waals surface area contributed by atoms with Crippen molar-refractivity contribution in [2.45, 2.75) is 26.2 Å². The van der Waals surface area contributed by atoms with Gasteiger partial charge in [-0.2, -0.15) is 0 Å². The van der Waals surface area contributed by atoms with Gasteiger partial charge in [0.15, 0.2) is 0 Å². The van der Waals surface area contributed by atoms with E-state index in [-0.39, 0.29) is 5.41 Å². The molecule has 0 saturated carbocycles. The Balaban J connectivity index is 0.933. The van der Waals surface area contributed by atoms with Crippen molar-refractivity contribution in [1.29, 1.82) is 0 Å². The van der Waals surface area contributed by atoms with E-state index in [0.717, 1.165) is 33.6 Å². The molecule has 0 fully saturated rings. The van der Waals surface area contributed by atoms with Crippen LogP contribution in [0.3, 0.4) is 0 Å². The van der Waals surface area contributed by atoms with E-state index < -0.39 is 0 Å². The number of benzene rings is 13. The van der Waals surface area contributed by atoms with Gasteiger partial charge in [0.05, 0.1) is 5.69 Å². The van der Waals surface area contributed by atoms with Crippen molar-refractivity contribution >= 4 is 104 Å². The van der Waals surface area contributed by atoms with Crippen LogP contribution in [0.15, 0.2) is 235 Å². The molecule has 0 aliphatic carbocycles. The molecule has 0 amide bonds. The molecule has 14 aromatic rings. The monoisotopic (exact) mass is 893 g/mol. The summed E-state index contributed by atoms with van der Waals surface area (Å²) in [5.41, 5.74) is 13.8. The summed E-state index contributed by atoms with van der Waals surface area (Å²) in [4.78, 5) is 2.44. The average molecular weight is 894 g/mol. The third kappa shape index (κ3) is 6.26. The highest BCUT2D eigenvalue weighted by Gasteiger charge is 2.22. The van der Waals surface area contributed by atoms with E-state index in [1.807, 2.05) is 0 Å². The van der Waals surface area contributed by atoms with Crippen LogP contribution in [-0.4, -0.2) is 0 Å². The van der Waals surface area contributed by atoms with Crippen molar-refractivity contribution in [3.8, 4) is 33.4 Å². The van der Waals surface area contributed by atoms with Crippen LogP contribution in [0.1, 0.15) is 26.3 Å². The minimum absolute atomic E-state index is 0.0406. The zero-order valence-corrected chi connectivity index (χ0v) is 39.3. The third-order valence-corrected chi connectivity index (χ3v) is 15.0. The van der Waals surface area contributed by atoms with Crippen molar-refractivity contribution in [1.82, 2.24) is 0 Å². The van der Waals surface area contributed by atoms with Crippen molar-refractivity contribution in [3.63, 3.8) is 0 Å². The summed E-state index contributed by atoms with van der Waals surface area (Å²) >= 11 is 0. The van der Waals surface area contributed by atoms with Gasteiger partial charge >= 0.3 is 0 Å². The van der Waals surface area contributed by atoms with Gasteiger partial charge in [-0.25, -0.2) is 0 Å². The lowest BCUT2D eigenvalue weighted by Crippen LogP contribution is -2.13. The molecule has 14 rings (SSSR count). The second kappa shape index (κ2) is 15.4. The zero-order chi connectivity index (χ0) is 46.7. The fourth-order valence-electron chi connectivity index (χ4n) is 11.5. The van der Waals surface area contributed by atoms with Crippen molar-refractivity contribution in [2.75, 3.05) is 4.90 Å². The molecule has 0 aliphatic heterocycles. The molecule has 0 saturated heterocycles. The number of para-hydroxylation sites is 1. The maximum Gasteiger partial charge on any atom is 0.136 e. The zero-order valence-electron chi connectivity index (χ0n) is 39.3. The average Bonchev–Trinajstić information content (AvgIpc) is 3.80. The molecule has 330 valence electrons. The number of rotatable bonds is 6. The first kappa shape index (κ1) is 40.4. The predicted octanol–water partition coefficient (Wildman–Crippen LogP) is 19.7. The Morgan fingerprint density at radius 2 is 0.814 bits per heavy atom. The molecular formula is C68H47NO. The summed E-state index contributed by atoms with van der Waals surface area (Å²) in [6.07, 6.45) is 0. The molecule has 1 heterocycles. The number of hydrogen-bond acceptors (Lipinski definition) is 2. The number of fused-ring (bicyclic) bond motifs is 10. The molecule has 0 spiro atoms. The molecule has 0 radical (unpaired) electrons. The Bertz CT molecular complexity index is 4350. The number of nitrogens with zero attached hydrogens (tertiary/aromatic N) is 1. The minimum Gasteiger partial charge on any atom is -0.456 e. The van der Waals surface area contributed by atoms with Crippen molar-refractivity contribution < 1.29 is 4.42 Å². The fourth-order valence-corrected chi connectivity index (χ4v) is 11.5. The van der Waals surface area contributed by atoms with Gasteiger partial charge in [-0.05, 0) is 153 Å². The molecule has 1 aromatic heterocycles. The first-order valence-corrected chi connectivity index (χ1v) is 24.4. The maximum atomic E-state index is 6.44. The predicted molar refractivity (Wildman–Crippen MR) is 300 cm³/mol. The highest BCUT2D eigenvalue weighted by atomic mass is 16.3. The van der Waals surface area contributed by atoms with Crippen molar-refractivity contribution in [2.24, 2.45) is 0 Å². The molecule has 0 N–H and O–H groups in total. The lowest BCUT2D eigenvalue weighted by molar-refractivity contribution is 0.590. The molecule has 0 atom stereocenters. The Labute approximate surface area is 406 Å². The SMILES string of the molecule is CC(C)(C)c1ccc(N(c2ccc(-c3ccc(-c4ccccc4)cc3)cc2)c2ccc3ccc4c(-c5ccc6c(c5)c5ccccc5c5ccc7oc8ccccc8c7c56)ccc5ccc2c3c54)cc1. The highest BCUT2D eigenvalue weighted by molar-refractivity contribution is 6.35. The standard InChI is InChI=1S/C68H47NO/c1-68(2,3)49-28-32-51(33-29-49)69(50-30-21-45(22-31-50)44-19-17-43(18-20-44)42-11-5-4-6-12-42)61-39-27-47-24-35-55-52(34-23-46-25-37-58(61)65(47)64(46)55)48-26-36-57-60(41-48)54-14-8-7-13-53(54)56-38-40-63-67(66(56)57)59-15-9-10-16-62(59)70-63/h4-41H,1-3H3. The van der Waals surface area contributed by atoms with Crippen LogP contribution in [0, 0.1) is 0 Å². The fraction of sp³-hybridized carbons (Fsp3) is 0.0588. The van der Waals surface area contributed by atoms with E-state index in [0.29, 0.717) is 0 Å². The van der Waals surface area contributed by atoms with Gasteiger partial charge in [0.1, 0.15) is 11.2 Å². The summed E-state index contributed by atoms with van der Waals surface area (Å²) in [5.74, 6) is 0. The normalized spacial score (nSPS) is 12.2. The lowest BCUT2D eigenvalue weighted by Gasteiger charge is -2.29. The van der Waals surface area contributed by atoms with Crippen LogP contribution < -0.4 is 4.90 Å². The largest absolute Gasteiger partial charge is 0.456 e. The van der Waals surface area contributed by atoms with E-state index >= 15 is 0 Å². The molecule has 2 nitrogen and oxygen atoms in total. The van der Waals surface area contributed by atoms with Crippen LogP contribution in [0.5, 0.6) is 0 Å². The number of anilines is 3. The molecule has 0 aliphatic rings. The Morgan fingerprint density at radius 1 is 0.314 bits per heavy atom. The van der Waals surface area contributed by atoms with E-state index in [4.69, 9.17) is 4.42 Å². The van der Waals surface area contributed by atoms with E-state index in [9.17, 15) is 0 Å². The maximum absolute atomic E-state index is 6.44. The molecule has 13 aromatic carbocycles. The molecule has 2 heteroatoms. The summed E-state index contributed by atoms with van der Waals surface area (Å²) in [6.45, 7) is 6.84. The molecular weight excluding hydrogens is 847 g/mol. The minimum atomic E-state index is 0.0406. The summed E-state index contributed by atoms with van der Waals surface area (Å²) in [7, 11) is 0. The van der Waals surface area contributed by atoms with Crippen LogP contribution in [0.25, 0.3) is 120 Å². The Morgan fingerprint density at radius 3 is 1.51 bits per heavy atom. The lowest BCUT2D eigenvalue weighted by atomic mass is 9.86. The number of furan rings is 1. The quantitative estimate of drug-likeness (QED) is 0.155. The Hall–Kier alpha value is -8.72. The second-order valence-corrected chi connectivity index (χ2v) is 20.0. The Kier molecular flexibility index (Phi) is 8.88. The topological polar surface area (TPSA) is 16.4 Å². The summed E-state index contributed by atoms with van der Waals surface area (Å²) in [5, 5.41) is 17.3. The van der Waals surface area contributed by atoms with E-state index in [1.165, 1.54) is 109 Å². The first-order chi connectivity index (χ1) is 34.3. The first-order valence-electron chi connectivity index (χ1n) is 24.4. The van der Waals surface area contributed by atoms with E-state index in [2.05, 4.69) is 256 Å². The third-order valence-electron chi connectivity index (χ3n) is 15.0. The van der Waals surface area contributed by atoms with E-state index in [1.54, 1.807) is 0 Å². The van der Waals surface area contributed by atoms with Crippen LogP contribution >= 0.6 is 0 Å². The smallest absolute Gasteiger partial charge is 0.136 e. The van der Waals surface area contributed by atoms with Crippen LogP contribution in [0.4, 0.5) is 17.1 Å². The van der Waals surface area contributed by atoms with Gasteiger partial charge in [-0.1, -0.05) is 197 Å². The second-order valence-electron chi connectivity index (χ2n) is 20.0. The van der Waals surface area contributed by atoms with Gasteiger partial charge in [-0.3, -0.25) is 0 Å². The summed E-state index contributed by atoms with van der Waals surface area (Å²) in [6, 6.07) is 85.2. The molecule has 0 bridgehead atoms. The van der Waals surface area contributed by atoms with Gasteiger partial charge in [0.2, 0.25) is 0 Å². The molecule has 0 unspecified atom stereocenters. The number of hydrogen-bond donors (Lipinski definition) is 0. The summed E-state index contributed by atoms with van der Waals surface area (Å²) < 4.78 is 6.44. The van der Waals surface area contributed by atoms with Gasteiger partial charge < -0.3 is 9.32 Å². The van der Waals surface area contributed by atoms with Crippen LogP contribution in [0.2, 0.25) is 0 Å². The highest BCUT2D eigenvalue weighted by Crippen LogP contribution is 2.48. The molecule has 70 heavy (non-hydrogen) atoms. The van der Waals surface area contributed by atoms with Crippen LogP contribution in [-0.2, 0) is 5.41 Å². The van der Waals surface area contributed by atoms with Gasteiger partial charge in [-0.15, -0.1) is 0 Å². The van der Waals surface area contributed by atoms with Gasteiger partial charge in [0, 0.05) is 32.9 Å². The van der Waals surface area contributed by atoms with Gasteiger partial charge in [0.25, 0.3) is 0 Å². The van der Waals surface area contributed by atoms with Crippen molar-refractivity contribution in [3.05, 3.63) is 236 Å².